The van der Waals surface area contributed by atoms with E-state index < -0.39 is 17.0 Å². The molecule has 1 aliphatic carbocycles. The number of nitrogens with one attached hydrogen (secondary N) is 1. The first-order valence-corrected chi connectivity index (χ1v) is 11.7. The molecule has 0 spiro atoms. The van der Waals surface area contributed by atoms with Crippen molar-refractivity contribution in [2.75, 3.05) is 45.9 Å². The Morgan fingerprint density at radius 3 is 2.74 bits per heavy atom. The number of fused-ring (bicyclic) bond motifs is 1. The van der Waals surface area contributed by atoms with Gasteiger partial charge in [0.05, 0.1) is 18.6 Å². The number of piperidine rings is 1. The third-order valence-electron chi connectivity index (χ3n) is 7.83. The summed E-state index contributed by atoms with van der Waals surface area (Å²) in [5.41, 5.74) is -0.137. The van der Waals surface area contributed by atoms with Crippen LogP contribution in [0.5, 0.6) is 0 Å². The van der Waals surface area contributed by atoms with E-state index >= 15 is 0 Å². The van der Waals surface area contributed by atoms with Gasteiger partial charge >= 0.3 is 0 Å². The van der Waals surface area contributed by atoms with Crippen molar-refractivity contribution in [1.29, 1.82) is 0 Å². The zero-order chi connectivity index (χ0) is 22.0. The Labute approximate surface area is 184 Å². The van der Waals surface area contributed by atoms with Gasteiger partial charge < -0.3 is 15.0 Å². The van der Waals surface area contributed by atoms with Crippen LogP contribution < -0.4 is 5.32 Å². The van der Waals surface area contributed by atoms with Crippen LogP contribution in [0.1, 0.15) is 43.7 Å². The maximum absolute atomic E-state index is 14.4. The minimum atomic E-state index is -0.604. The van der Waals surface area contributed by atoms with Gasteiger partial charge in [0.15, 0.2) is 0 Å². The normalized spacial score (nSPS) is 30.1. The van der Waals surface area contributed by atoms with Gasteiger partial charge in [-0.25, -0.2) is 8.78 Å². The van der Waals surface area contributed by atoms with Crippen LogP contribution in [0.2, 0.25) is 0 Å². The zero-order valence-electron chi connectivity index (χ0n) is 18.8. The minimum absolute atomic E-state index is 0.0450. The summed E-state index contributed by atoms with van der Waals surface area (Å²) in [5, 5.41) is 2.93. The highest BCUT2D eigenvalue weighted by Gasteiger charge is 2.52. The van der Waals surface area contributed by atoms with Crippen molar-refractivity contribution in [3.63, 3.8) is 0 Å². The number of hydrogen-bond donors (Lipinski definition) is 1. The molecular weight excluding hydrogens is 400 g/mol. The number of carbonyl (C=O) groups is 1. The molecule has 2 heterocycles. The molecule has 3 aliphatic rings. The SMILES string of the molecule is CCN1CC[C@@H]2C[C@@H](N3CCOCC3)CC[C@@]2(C(=O)NCc2c(F)ccc(C)c2F)C1. The van der Waals surface area contributed by atoms with E-state index in [9.17, 15) is 13.6 Å². The largest absolute Gasteiger partial charge is 0.379 e. The van der Waals surface area contributed by atoms with E-state index in [2.05, 4.69) is 22.0 Å². The molecule has 0 radical (unpaired) electrons. The van der Waals surface area contributed by atoms with Crippen LogP contribution in [0.4, 0.5) is 8.78 Å². The molecule has 0 bridgehead atoms. The van der Waals surface area contributed by atoms with E-state index in [1.165, 1.54) is 12.1 Å². The fraction of sp³-hybridized carbons (Fsp3) is 0.708. The summed E-state index contributed by atoms with van der Waals surface area (Å²) in [5.74, 6) is -0.919. The molecule has 5 nitrogen and oxygen atoms in total. The van der Waals surface area contributed by atoms with Gasteiger partial charge in [-0.15, -0.1) is 0 Å². The molecule has 0 aromatic heterocycles. The molecule has 172 valence electrons. The Bertz CT molecular complexity index is 799. The quantitative estimate of drug-likeness (QED) is 0.772. The van der Waals surface area contributed by atoms with Gasteiger partial charge in [0.1, 0.15) is 11.6 Å². The third-order valence-corrected chi connectivity index (χ3v) is 7.83. The predicted molar refractivity (Wildman–Crippen MR) is 116 cm³/mol. The highest BCUT2D eigenvalue weighted by Crippen LogP contribution is 2.48. The van der Waals surface area contributed by atoms with Crippen LogP contribution in [0.25, 0.3) is 0 Å². The number of rotatable bonds is 5. The van der Waals surface area contributed by atoms with Crippen LogP contribution in [-0.4, -0.2) is 67.7 Å². The minimum Gasteiger partial charge on any atom is -0.379 e. The number of nitrogens with zero attached hydrogens (tertiary/aromatic N) is 2. The van der Waals surface area contributed by atoms with E-state index in [1.54, 1.807) is 6.92 Å². The Hall–Kier alpha value is -1.57. The van der Waals surface area contributed by atoms with Gasteiger partial charge in [0, 0.05) is 37.8 Å². The Kier molecular flexibility index (Phi) is 6.94. The topological polar surface area (TPSA) is 44.8 Å². The van der Waals surface area contributed by atoms with Crippen molar-refractivity contribution < 1.29 is 18.3 Å². The maximum Gasteiger partial charge on any atom is 0.228 e. The van der Waals surface area contributed by atoms with Crippen molar-refractivity contribution in [3.8, 4) is 0 Å². The maximum atomic E-state index is 14.4. The van der Waals surface area contributed by atoms with Crippen molar-refractivity contribution >= 4 is 5.91 Å². The molecule has 1 amide bonds. The smallest absolute Gasteiger partial charge is 0.228 e. The van der Waals surface area contributed by atoms with E-state index in [-0.39, 0.29) is 18.0 Å². The van der Waals surface area contributed by atoms with Crippen molar-refractivity contribution in [3.05, 3.63) is 34.9 Å². The lowest BCUT2D eigenvalue weighted by Crippen LogP contribution is -2.60. The van der Waals surface area contributed by atoms with Gasteiger partial charge in [-0.1, -0.05) is 13.0 Å². The van der Waals surface area contributed by atoms with Gasteiger partial charge in [0.2, 0.25) is 5.91 Å². The fourth-order valence-corrected chi connectivity index (χ4v) is 5.86. The number of likely N-dealkylation sites (tertiary alicyclic amines) is 1. The van der Waals surface area contributed by atoms with Gasteiger partial charge in [-0.3, -0.25) is 9.69 Å². The lowest BCUT2D eigenvalue weighted by Gasteiger charge is -2.53. The molecule has 3 fully saturated rings. The van der Waals surface area contributed by atoms with Crippen LogP contribution in [0.3, 0.4) is 0 Å². The number of carbonyl (C=O) groups excluding carboxylic acids is 1. The third kappa shape index (κ3) is 4.50. The number of aryl methyl sites for hydroxylation is 1. The molecule has 0 unspecified atom stereocenters. The van der Waals surface area contributed by atoms with Crippen LogP contribution in [0, 0.1) is 29.9 Å². The molecule has 2 aliphatic heterocycles. The highest BCUT2D eigenvalue weighted by atomic mass is 19.1. The summed E-state index contributed by atoms with van der Waals surface area (Å²) in [7, 11) is 0. The monoisotopic (exact) mass is 435 g/mol. The standard InChI is InChI=1S/C24H35F2N3O2/c1-3-28-9-7-18-14-19(29-10-12-31-13-11-29)6-8-24(18,16-28)23(30)27-15-20-21(25)5-4-17(2)22(20)26/h4-5,18-19H,3,6-16H2,1-2H3,(H,27,30)/t18-,19+,24-/m1/s1. The summed E-state index contributed by atoms with van der Waals surface area (Å²) in [6.07, 6.45) is 3.81. The average Bonchev–Trinajstić information content (AvgIpc) is 2.81. The molecule has 3 atom stereocenters. The van der Waals surface area contributed by atoms with Gasteiger partial charge in [-0.2, -0.15) is 0 Å². The van der Waals surface area contributed by atoms with Gasteiger partial charge in [0.25, 0.3) is 0 Å². The first-order chi connectivity index (χ1) is 14.9. The molecule has 4 rings (SSSR count). The summed E-state index contributed by atoms with van der Waals surface area (Å²) in [4.78, 5) is 18.4. The van der Waals surface area contributed by atoms with E-state index in [0.717, 1.165) is 71.6 Å². The van der Waals surface area contributed by atoms with E-state index in [1.807, 2.05) is 0 Å². The lowest BCUT2D eigenvalue weighted by atomic mass is 9.61. The first kappa shape index (κ1) is 22.6. The molecule has 1 N–H and O–H groups in total. The molecular formula is C24H35F2N3O2. The van der Waals surface area contributed by atoms with E-state index in [0.29, 0.717) is 17.5 Å². The van der Waals surface area contributed by atoms with Crippen molar-refractivity contribution in [2.24, 2.45) is 11.3 Å². The van der Waals surface area contributed by atoms with Gasteiger partial charge in [-0.05, 0) is 63.2 Å². The van der Waals surface area contributed by atoms with E-state index in [4.69, 9.17) is 4.74 Å². The number of benzene rings is 1. The summed E-state index contributed by atoms with van der Waals surface area (Å²) in [6, 6.07) is 3.20. The first-order valence-electron chi connectivity index (χ1n) is 11.7. The second kappa shape index (κ2) is 9.51. The predicted octanol–water partition coefficient (Wildman–Crippen LogP) is 3.10. The fourth-order valence-electron chi connectivity index (χ4n) is 5.86. The molecule has 31 heavy (non-hydrogen) atoms. The number of amides is 1. The second-order valence-electron chi connectivity index (χ2n) is 9.43. The molecule has 1 aromatic rings. The number of halogens is 2. The Morgan fingerprint density at radius 2 is 2.00 bits per heavy atom. The lowest BCUT2D eigenvalue weighted by molar-refractivity contribution is -0.145. The number of morpholine rings is 1. The van der Waals surface area contributed by atoms with Crippen molar-refractivity contribution in [1.82, 2.24) is 15.1 Å². The molecule has 1 aromatic carbocycles. The summed E-state index contributed by atoms with van der Waals surface area (Å²) < 4.78 is 34.2. The Balaban J connectivity index is 1.50. The zero-order valence-corrected chi connectivity index (χ0v) is 18.8. The Morgan fingerprint density at radius 1 is 1.23 bits per heavy atom. The molecule has 2 saturated heterocycles. The summed E-state index contributed by atoms with van der Waals surface area (Å²) >= 11 is 0. The van der Waals surface area contributed by atoms with Crippen LogP contribution in [-0.2, 0) is 16.1 Å². The molecule has 7 heteroatoms. The van der Waals surface area contributed by atoms with Crippen LogP contribution >= 0.6 is 0 Å². The number of ether oxygens (including phenoxy) is 1. The second-order valence-corrected chi connectivity index (χ2v) is 9.43. The average molecular weight is 436 g/mol. The number of hydrogen-bond acceptors (Lipinski definition) is 4. The highest BCUT2D eigenvalue weighted by molar-refractivity contribution is 5.83. The molecule has 1 saturated carbocycles. The summed E-state index contributed by atoms with van der Waals surface area (Å²) in [6.45, 7) is 9.77. The van der Waals surface area contributed by atoms with Crippen molar-refractivity contribution in [2.45, 2.75) is 52.1 Å². The van der Waals surface area contributed by atoms with Crippen LogP contribution in [0.15, 0.2) is 12.1 Å².